The molecule has 1 aromatic rings. The van der Waals surface area contributed by atoms with Crippen LogP contribution < -0.4 is 76.5 Å². The summed E-state index contributed by atoms with van der Waals surface area (Å²) in [7, 11) is 0. The summed E-state index contributed by atoms with van der Waals surface area (Å²) in [6.07, 6.45) is 1.29. The van der Waals surface area contributed by atoms with Crippen molar-refractivity contribution < 1.29 is 58.2 Å². The summed E-state index contributed by atoms with van der Waals surface area (Å²) in [6, 6.07) is -5.10. The lowest BCUT2D eigenvalue weighted by molar-refractivity contribution is -0.141. The van der Waals surface area contributed by atoms with Crippen LogP contribution in [0.1, 0.15) is 146 Å². The van der Waals surface area contributed by atoms with Crippen molar-refractivity contribution in [2.24, 2.45) is 74.2 Å². The molecule has 0 bridgehead atoms. The van der Waals surface area contributed by atoms with E-state index in [-0.39, 0.29) is 118 Å². The van der Waals surface area contributed by atoms with Gasteiger partial charge in [-0.3, -0.25) is 53.1 Å². The summed E-state index contributed by atoms with van der Waals surface area (Å²) in [4.78, 5) is 145. The van der Waals surface area contributed by atoms with Gasteiger partial charge in [0.25, 0.3) is 0 Å². The van der Waals surface area contributed by atoms with Crippen molar-refractivity contribution >= 4 is 71.1 Å². The molecule has 0 saturated heterocycles. The number of guanidine groups is 2. The zero-order chi connectivity index (χ0) is 65.5. The Morgan fingerprint density at radius 1 is 0.442 bits per heavy atom. The van der Waals surface area contributed by atoms with Gasteiger partial charge in [-0.15, -0.1) is 0 Å². The molecule has 28 nitrogen and oxygen atoms in total. The van der Waals surface area contributed by atoms with E-state index in [2.05, 4.69) is 57.8 Å². The number of hydrogen-bond acceptors (Lipinski definition) is 14. The molecule has 0 aromatic heterocycles. The van der Waals surface area contributed by atoms with Crippen LogP contribution in [0.25, 0.3) is 0 Å². The van der Waals surface area contributed by atoms with E-state index in [4.69, 9.17) is 28.7 Å². The molecule has 0 heterocycles. The van der Waals surface area contributed by atoms with Crippen LogP contribution in [0.5, 0.6) is 5.75 Å². The van der Waals surface area contributed by atoms with Crippen LogP contribution in [0.3, 0.4) is 0 Å². The fourth-order valence-electron chi connectivity index (χ4n) is 8.96. The quantitative estimate of drug-likeness (QED) is 0.0220. The highest BCUT2D eigenvalue weighted by Crippen LogP contribution is 2.16. The Kier molecular flexibility index (Phi) is 34.6. The van der Waals surface area contributed by atoms with Gasteiger partial charge in [0.15, 0.2) is 11.9 Å². The standard InChI is InChI=1S/C58H102N16O12/c1-30(2)23-40(49(78)66-29-46(76)67-45(56(85)86)28-36-17-19-37(75)20-18-36)73-55(84)47(35(11)12)74-54(83)44(27-34(9)10)70-50(79)39(16-14-22-65-58(62)63)68-51(80)42(25-32(5)6)71-53(82)43(26-33(7)8)72-52(81)41(24-31(3)4)69-48(77)38(59)15-13-21-64-57(60)61/h17-20,30-35,38-45,47,75H,13-16,21-29,59H2,1-12H3,(H,66,78)(H,67,76)(H,68,80)(H,69,77)(H,70,79)(H,71,82)(H,72,81)(H,73,84)(H,74,83)(H,85,86)(H4,60,61,64)(H4,62,63,65)/t38-,39-,40-,41-,42-,43-,44-,45-,47-/m0/s1. The number of carbonyl (C=O) groups excluding carboxylic acids is 9. The first-order chi connectivity index (χ1) is 40.1. The van der Waals surface area contributed by atoms with Gasteiger partial charge in [0.2, 0.25) is 53.2 Å². The van der Waals surface area contributed by atoms with Crippen LogP contribution in [0.4, 0.5) is 0 Å². The topological polar surface area (TPSA) is 474 Å². The van der Waals surface area contributed by atoms with E-state index < -0.39 is 126 Å². The van der Waals surface area contributed by atoms with Gasteiger partial charge in [-0.25, -0.2) is 4.79 Å². The second-order valence-electron chi connectivity index (χ2n) is 24.3. The third-order valence-corrected chi connectivity index (χ3v) is 13.3. The van der Waals surface area contributed by atoms with Crippen molar-refractivity contribution in [2.45, 2.75) is 202 Å². The number of carboxylic acid groups (broad SMARTS) is 1. The van der Waals surface area contributed by atoms with E-state index in [1.54, 1.807) is 27.7 Å². The average molecular weight is 1220 g/mol. The van der Waals surface area contributed by atoms with Gasteiger partial charge in [-0.1, -0.05) is 95.2 Å². The van der Waals surface area contributed by atoms with Crippen molar-refractivity contribution in [3.8, 4) is 5.75 Å². The number of rotatable bonds is 40. The number of phenolic OH excluding ortho intramolecular Hbond substituents is 1. The number of carbonyl (C=O) groups is 10. The van der Waals surface area contributed by atoms with E-state index in [1.807, 2.05) is 55.4 Å². The summed E-state index contributed by atoms with van der Waals surface area (Å²) < 4.78 is 0. The summed E-state index contributed by atoms with van der Waals surface area (Å²) in [5, 5.41) is 43.4. The maximum absolute atomic E-state index is 14.5. The molecule has 0 aliphatic rings. The minimum Gasteiger partial charge on any atom is -0.508 e. The highest BCUT2D eigenvalue weighted by molar-refractivity contribution is 5.98. The lowest BCUT2D eigenvalue weighted by Crippen LogP contribution is -2.61. The molecule has 1 rings (SSSR count). The molecule has 0 fully saturated rings. The number of aliphatic carboxylic acids is 1. The van der Waals surface area contributed by atoms with E-state index in [0.29, 0.717) is 12.0 Å². The van der Waals surface area contributed by atoms with Gasteiger partial charge in [-0.05, 0) is 111 Å². The van der Waals surface area contributed by atoms with Gasteiger partial charge in [0.1, 0.15) is 54.1 Å². The zero-order valence-electron chi connectivity index (χ0n) is 52.4. The number of benzene rings is 1. The SMILES string of the molecule is CC(C)C[C@H](NC(=O)[C@H](CC(C)C)NC(=O)[C@H](CC(C)C)NC(=O)[C@@H](N)CCCN=C(N)N)C(=O)N[C@@H](CCCN=C(N)N)C(=O)N[C@@H](CC(C)C)C(=O)N[C@H](C(=O)N[C@@H](CC(C)C)C(=O)NCC(=O)N[C@@H](Cc1ccc(O)cc1)C(=O)O)C(C)C. The molecule has 0 unspecified atom stereocenters. The molecule has 0 aliphatic carbocycles. The van der Waals surface area contributed by atoms with Gasteiger partial charge < -0.3 is 86.7 Å². The number of amides is 9. The second kappa shape index (κ2) is 39.0. The van der Waals surface area contributed by atoms with Gasteiger partial charge in [0.05, 0.1) is 12.6 Å². The highest BCUT2D eigenvalue weighted by atomic mass is 16.4. The van der Waals surface area contributed by atoms with Crippen molar-refractivity contribution in [3.05, 3.63) is 29.8 Å². The first-order valence-electron chi connectivity index (χ1n) is 29.7. The van der Waals surface area contributed by atoms with Gasteiger partial charge in [0, 0.05) is 19.5 Å². The number of hydrogen-bond donors (Lipinski definition) is 16. The van der Waals surface area contributed by atoms with E-state index in [1.165, 1.54) is 24.3 Å². The number of aromatic hydroxyl groups is 1. The van der Waals surface area contributed by atoms with E-state index in [0.717, 1.165) is 0 Å². The summed E-state index contributed by atoms with van der Waals surface area (Å²) in [5.74, 6) is -9.47. The molecule has 28 heteroatoms. The lowest BCUT2D eigenvalue weighted by atomic mass is 9.97. The van der Waals surface area contributed by atoms with Crippen molar-refractivity contribution in [1.29, 1.82) is 0 Å². The average Bonchev–Trinajstić information content (AvgIpc) is 2.47. The molecule has 21 N–H and O–H groups in total. The molecule has 1 aromatic carbocycles. The van der Waals surface area contributed by atoms with E-state index >= 15 is 0 Å². The van der Waals surface area contributed by atoms with Crippen molar-refractivity contribution in [3.63, 3.8) is 0 Å². The largest absolute Gasteiger partial charge is 0.508 e. The predicted octanol–water partition coefficient (Wildman–Crippen LogP) is -0.665. The summed E-state index contributed by atoms with van der Waals surface area (Å²) in [6.45, 7) is 21.3. The fraction of sp³-hybridized carbons (Fsp3) is 0.690. The number of nitrogens with zero attached hydrogens (tertiary/aromatic N) is 2. The minimum absolute atomic E-state index is 0.0217. The predicted molar refractivity (Wildman–Crippen MR) is 328 cm³/mol. The third kappa shape index (κ3) is 31.4. The lowest BCUT2D eigenvalue weighted by Gasteiger charge is -2.30. The molecule has 9 amide bonds. The Hall–Kier alpha value is -7.78. The molecule has 86 heavy (non-hydrogen) atoms. The summed E-state index contributed by atoms with van der Waals surface area (Å²) >= 11 is 0. The zero-order valence-corrected chi connectivity index (χ0v) is 52.4. The Morgan fingerprint density at radius 3 is 1.17 bits per heavy atom. The molecular formula is C58H102N16O12. The Morgan fingerprint density at radius 2 is 0.791 bits per heavy atom. The second-order valence-corrected chi connectivity index (χ2v) is 24.3. The normalized spacial score (nSPS) is 14.5. The molecule has 9 atom stereocenters. The smallest absolute Gasteiger partial charge is 0.326 e. The monoisotopic (exact) mass is 1210 g/mol. The Labute approximate surface area is 506 Å². The van der Waals surface area contributed by atoms with Crippen molar-refractivity contribution in [1.82, 2.24) is 47.9 Å². The molecule has 0 radical (unpaired) electrons. The van der Waals surface area contributed by atoms with Gasteiger partial charge in [-0.2, -0.15) is 0 Å². The van der Waals surface area contributed by atoms with Gasteiger partial charge >= 0.3 is 5.97 Å². The van der Waals surface area contributed by atoms with Crippen LogP contribution in [0.2, 0.25) is 0 Å². The van der Waals surface area contributed by atoms with Crippen LogP contribution in [-0.2, 0) is 54.4 Å². The summed E-state index contributed by atoms with van der Waals surface area (Å²) in [5.41, 5.74) is 28.6. The number of nitrogens with one attached hydrogen (secondary N) is 9. The third-order valence-electron chi connectivity index (χ3n) is 13.3. The number of phenols is 1. The Balaban J connectivity index is 3.45. The molecular weight excluding hydrogens is 1110 g/mol. The maximum atomic E-state index is 14.5. The number of carboxylic acids is 1. The van der Waals surface area contributed by atoms with Crippen LogP contribution in [0, 0.1) is 35.5 Å². The number of aliphatic imine (C=N–C) groups is 2. The highest BCUT2D eigenvalue weighted by Gasteiger charge is 2.36. The first kappa shape index (κ1) is 76.2. The van der Waals surface area contributed by atoms with Crippen LogP contribution in [-0.4, -0.2) is 155 Å². The Bertz CT molecular complexity index is 2430. The van der Waals surface area contributed by atoms with Crippen LogP contribution >= 0.6 is 0 Å². The molecule has 0 saturated carbocycles. The van der Waals surface area contributed by atoms with Crippen LogP contribution in [0.15, 0.2) is 34.3 Å². The van der Waals surface area contributed by atoms with Crippen molar-refractivity contribution in [2.75, 3.05) is 19.6 Å². The minimum atomic E-state index is -1.36. The fourth-order valence-corrected chi connectivity index (χ4v) is 8.96. The molecule has 0 spiro atoms. The maximum Gasteiger partial charge on any atom is 0.326 e. The van der Waals surface area contributed by atoms with E-state index in [9.17, 15) is 58.2 Å². The number of nitrogens with two attached hydrogens (primary N) is 5. The molecule has 486 valence electrons. The molecule has 0 aliphatic heterocycles. The first-order valence-corrected chi connectivity index (χ1v) is 29.7.